The highest BCUT2D eigenvalue weighted by Crippen LogP contribution is 2.42. The maximum atomic E-state index is 14.6. The van der Waals surface area contributed by atoms with E-state index < -0.39 is 41.3 Å². The molecule has 1 saturated heterocycles. The molecule has 3 amide bonds. The standard InChI is InChI=1S/C48H63N7O6/c1-9-54-40-17-14-30-24-35(40)36(43(54)34-12-10-18-50-41(34)27(2)3)25-48(6,7)26-61-47(60)38-13-11-19-55(52-38)46(59)39(22-29-20-31(30)23-32(56)21-29)51-44(57)42(28(4)5)53(8)45(58)33-15-16-37(33)49/h10,12,14,17-18,20-21,23-24,27-28,33,37-39,42,52,56H,9,11,13,15-16,19,22,25-26,49H2,1-8H3,(H,51,57)/t33-,37+,38-,39-,42-/m0/s1. The first-order chi connectivity index (χ1) is 29.0. The van der Waals surface area contributed by atoms with Gasteiger partial charge in [0.2, 0.25) is 11.8 Å². The highest BCUT2D eigenvalue weighted by molar-refractivity contribution is 5.96. The van der Waals surface area contributed by atoms with Crippen molar-refractivity contribution in [1.82, 2.24) is 30.2 Å². The van der Waals surface area contributed by atoms with E-state index in [4.69, 9.17) is 15.5 Å². The topological polar surface area (TPSA) is 172 Å². The number of aromatic nitrogens is 2. The summed E-state index contributed by atoms with van der Waals surface area (Å²) in [4.78, 5) is 62.6. The number of cyclic esters (lactones) is 1. The molecule has 0 radical (unpaired) electrons. The Morgan fingerprint density at radius 3 is 2.51 bits per heavy atom. The van der Waals surface area contributed by atoms with E-state index in [1.54, 1.807) is 19.2 Å². The number of phenols is 1. The molecular formula is C48H63N7O6. The van der Waals surface area contributed by atoms with Crippen LogP contribution in [0.4, 0.5) is 0 Å². The molecule has 6 bridgehead atoms. The van der Waals surface area contributed by atoms with Crippen LogP contribution in [0.2, 0.25) is 0 Å². The Morgan fingerprint density at radius 2 is 1.84 bits per heavy atom. The number of aromatic hydroxyl groups is 1. The van der Waals surface area contributed by atoms with Crippen LogP contribution < -0.4 is 16.5 Å². The summed E-state index contributed by atoms with van der Waals surface area (Å²) < 4.78 is 8.44. The summed E-state index contributed by atoms with van der Waals surface area (Å²) in [5, 5.41) is 16.7. The van der Waals surface area contributed by atoms with Crippen molar-refractivity contribution in [2.45, 2.75) is 124 Å². The van der Waals surface area contributed by atoms with Gasteiger partial charge in [0.1, 0.15) is 23.9 Å². The fourth-order valence-corrected chi connectivity index (χ4v) is 9.50. The van der Waals surface area contributed by atoms with Gasteiger partial charge in [0.25, 0.3) is 5.91 Å². The first-order valence-electron chi connectivity index (χ1n) is 22.0. The predicted octanol–water partition coefficient (Wildman–Crippen LogP) is 6.09. The van der Waals surface area contributed by atoms with Crippen LogP contribution in [0.3, 0.4) is 0 Å². The number of aryl methyl sites for hydroxylation is 1. The summed E-state index contributed by atoms with van der Waals surface area (Å²) >= 11 is 0. The molecule has 2 fully saturated rings. The number of fused-ring (bicyclic) bond motifs is 6. The molecule has 0 unspecified atom stereocenters. The number of likely N-dealkylation sites (N-methyl/N-ethyl adjacent to an activating group) is 1. The second-order valence-electron chi connectivity index (χ2n) is 18.8. The van der Waals surface area contributed by atoms with E-state index in [1.807, 2.05) is 32.2 Å². The molecular weight excluding hydrogens is 771 g/mol. The maximum absolute atomic E-state index is 14.6. The third kappa shape index (κ3) is 8.90. The molecule has 13 heteroatoms. The van der Waals surface area contributed by atoms with Crippen LogP contribution in [-0.2, 0) is 43.3 Å². The number of carbonyl (C=O) groups is 4. The molecule has 5 N–H and O–H groups in total. The van der Waals surface area contributed by atoms with Gasteiger partial charge >= 0.3 is 5.97 Å². The Balaban J connectivity index is 1.34. The number of esters is 1. The molecule has 5 atom stereocenters. The number of hydrogen-bond acceptors (Lipinski definition) is 9. The molecule has 326 valence electrons. The first kappa shape index (κ1) is 43.8. The van der Waals surface area contributed by atoms with Crippen LogP contribution in [0, 0.1) is 17.3 Å². The fourth-order valence-electron chi connectivity index (χ4n) is 9.50. The average molecular weight is 834 g/mol. The largest absolute Gasteiger partial charge is 0.508 e. The van der Waals surface area contributed by atoms with Crippen LogP contribution in [-0.4, -0.2) is 92.6 Å². The summed E-state index contributed by atoms with van der Waals surface area (Å²) in [6, 6.07) is 12.7. The molecule has 2 aromatic carbocycles. The number of ether oxygens (including phenoxy) is 1. The van der Waals surface area contributed by atoms with E-state index in [-0.39, 0.29) is 48.5 Å². The minimum atomic E-state index is -1.11. The van der Waals surface area contributed by atoms with Gasteiger partial charge in [0, 0.05) is 60.7 Å². The van der Waals surface area contributed by atoms with Gasteiger partial charge in [0.05, 0.1) is 23.9 Å². The predicted molar refractivity (Wildman–Crippen MR) is 236 cm³/mol. The lowest BCUT2D eigenvalue weighted by atomic mass is 9.79. The molecule has 2 aliphatic heterocycles. The van der Waals surface area contributed by atoms with Crippen molar-refractivity contribution in [2.24, 2.45) is 23.0 Å². The number of hydrazine groups is 1. The Morgan fingerprint density at radius 1 is 1.07 bits per heavy atom. The molecule has 1 aliphatic carbocycles. The lowest BCUT2D eigenvalue weighted by molar-refractivity contribution is -0.155. The molecule has 61 heavy (non-hydrogen) atoms. The molecule has 1 saturated carbocycles. The van der Waals surface area contributed by atoms with Crippen molar-refractivity contribution < 1.29 is 29.0 Å². The number of amides is 3. The summed E-state index contributed by atoms with van der Waals surface area (Å²) in [5.74, 6) is -1.98. The minimum absolute atomic E-state index is 0.0192. The van der Waals surface area contributed by atoms with Gasteiger partial charge < -0.3 is 30.4 Å². The van der Waals surface area contributed by atoms with E-state index in [2.05, 4.69) is 74.2 Å². The Kier molecular flexibility index (Phi) is 12.6. The average Bonchev–Trinajstić information content (AvgIpc) is 3.52. The summed E-state index contributed by atoms with van der Waals surface area (Å²) in [7, 11) is 1.62. The van der Waals surface area contributed by atoms with Crippen molar-refractivity contribution in [3.05, 3.63) is 71.5 Å². The number of carbonyl (C=O) groups excluding carboxylic acids is 4. The van der Waals surface area contributed by atoms with Crippen LogP contribution in [0.15, 0.2) is 54.7 Å². The van der Waals surface area contributed by atoms with Gasteiger partial charge in [-0.2, -0.15) is 0 Å². The second kappa shape index (κ2) is 17.6. The van der Waals surface area contributed by atoms with Gasteiger partial charge in [-0.25, -0.2) is 5.43 Å². The third-order valence-electron chi connectivity index (χ3n) is 12.8. The number of hydrogen-bond donors (Lipinski definition) is 4. The van der Waals surface area contributed by atoms with Crippen LogP contribution >= 0.6 is 0 Å². The Hall–Kier alpha value is -5.27. The van der Waals surface area contributed by atoms with Crippen LogP contribution in [0.25, 0.3) is 33.3 Å². The molecule has 7 rings (SSSR count). The third-order valence-corrected chi connectivity index (χ3v) is 12.8. The quantitative estimate of drug-likeness (QED) is 0.154. The molecule has 4 heterocycles. The zero-order chi connectivity index (χ0) is 43.9. The van der Waals surface area contributed by atoms with Crippen molar-refractivity contribution >= 4 is 34.6 Å². The van der Waals surface area contributed by atoms with Gasteiger partial charge in [-0.1, -0.05) is 53.7 Å². The van der Waals surface area contributed by atoms with Crippen LogP contribution in [0.1, 0.15) is 96.9 Å². The number of pyridine rings is 1. The Bertz CT molecular complexity index is 2320. The van der Waals surface area contributed by atoms with E-state index in [0.29, 0.717) is 44.3 Å². The van der Waals surface area contributed by atoms with Gasteiger partial charge in [0.15, 0.2) is 0 Å². The molecule has 3 aliphatic rings. The highest BCUT2D eigenvalue weighted by atomic mass is 16.5. The lowest BCUT2D eigenvalue weighted by Gasteiger charge is -2.39. The van der Waals surface area contributed by atoms with E-state index >= 15 is 0 Å². The summed E-state index contributed by atoms with van der Waals surface area (Å²) in [6.45, 7) is 15.5. The fraction of sp³-hybridized carbons (Fsp3) is 0.521. The Labute approximate surface area is 359 Å². The number of rotatable bonds is 8. The number of nitrogens with two attached hydrogens (primary N) is 1. The van der Waals surface area contributed by atoms with Crippen LogP contribution in [0.5, 0.6) is 5.75 Å². The van der Waals surface area contributed by atoms with Gasteiger partial charge in [-0.3, -0.25) is 29.2 Å². The monoisotopic (exact) mass is 833 g/mol. The number of benzene rings is 2. The molecule has 2 aromatic heterocycles. The van der Waals surface area contributed by atoms with Crippen molar-refractivity contribution in [2.75, 3.05) is 20.2 Å². The highest BCUT2D eigenvalue weighted by Gasteiger charge is 2.41. The SMILES string of the molecule is CCn1c(-c2cccnc2C(C)C)c2c3cc(ccc31)-c1cc(O)cc(c1)C[C@H](NC(=O)[C@H](C(C)C)N(C)C(=O)[C@H]1CC[C@H]1N)C(=O)N1CCC[C@H](N1)C(=O)OCC(C)(C)C2. The van der Waals surface area contributed by atoms with E-state index in [0.717, 1.165) is 51.0 Å². The van der Waals surface area contributed by atoms with Gasteiger partial charge in [-0.05, 0) is 110 Å². The van der Waals surface area contributed by atoms with Crippen molar-refractivity contribution in [1.29, 1.82) is 0 Å². The first-order valence-corrected chi connectivity index (χ1v) is 22.0. The van der Waals surface area contributed by atoms with E-state index in [1.165, 1.54) is 9.91 Å². The summed E-state index contributed by atoms with van der Waals surface area (Å²) in [5.41, 5.74) is 16.4. The van der Waals surface area contributed by atoms with Gasteiger partial charge in [-0.15, -0.1) is 0 Å². The molecule has 13 nitrogen and oxygen atoms in total. The van der Waals surface area contributed by atoms with Crippen molar-refractivity contribution in [3.8, 4) is 28.1 Å². The number of nitrogens with zero attached hydrogens (tertiary/aromatic N) is 4. The number of phenolic OH excluding ortho intramolecular Hbond substituents is 1. The van der Waals surface area contributed by atoms with E-state index in [9.17, 15) is 24.3 Å². The second-order valence-corrected chi connectivity index (χ2v) is 18.8. The van der Waals surface area contributed by atoms with Crippen molar-refractivity contribution in [3.63, 3.8) is 0 Å². The normalized spacial score (nSPS) is 22.4. The maximum Gasteiger partial charge on any atom is 0.324 e. The zero-order valence-electron chi connectivity index (χ0n) is 37.0. The minimum Gasteiger partial charge on any atom is -0.508 e. The molecule has 0 spiro atoms. The lowest BCUT2D eigenvalue weighted by Crippen LogP contribution is -2.62. The molecule has 4 aromatic rings. The zero-order valence-corrected chi connectivity index (χ0v) is 37.0. The summed E-state index contributed by atoms with van der Waals surface area (Å²) in [6.07, 6.45) is 4.90. The number of nitrogens with one attached hydrogen (secondary N) is 2. The smallest absolute Gasteiger partial charge is 0.324 e.